The predicted molar refractivity (Wildman–Crippen MR) is 131 cm³/mol. The van der Waals surface area contributed by atoms with Gasteiger partial charge in [-0.15, -0.1) is 0 Å². The van der Waals surface area contributed by atoms with Gasteiger partial charge in [-0.2, -0.15) is 0 Å². The Morgan fingerprint density at radius 3 is 2.48 bits per heavy atom. The second-order valence-electron chi connectivity index (χ2n) is 8.95. The minimum Gasteiger partial charge on any atom is -0.489 e. The summed E-state index contributed by atoms with van der Waals surface area (Å²) in [6.07, 6.45) is 2.65. The van der Waals surface area contributed by atoms with Crippen molar-refractivity contribution in [3.63, 3.8) is 0 Å². The minimum absolute atomic E-state index is 0.0640. The topological polar surface area (TPSA) is 85.5 Å². The average molecular weight is 448 g/mol. The van der Waals surface area contributed by atoms with Crippen molar-refractivity contribution in [3.05, 3.63) is 71.4 Å². The van der Waals surface area contributed by atoms with Crippen molar-refractivity contribution in [1.29, 1.82) is 0 Å². The van der Waals surface area contributed by atoms with Crippen molar-refractivity contribution in [1.82, 2.24) is 9.88 Å². The van der Waals surface area contributed by atoms with Crippen LogP contribution in [0.1, 0.15) is 37.1 Å². The number of carbonyl (C=O) groups excluding carboxylic acids is 2. The number of amides is 2. The van der Waals surface area contributed by atoms with Gasteiger partial charge in [-0.05, 0) is 69.4 Å². The Labute approximate surface area is 195 Å². The summed E-state index contributed by atoms with van der Waals surface area (Å²) in [5, 5.41) is 1.13. The van der Waals surface area contributed by atoms with Gasteiger partial charge in [0.25, 0.3) is 0 Å². The van der Waals surface area contributed by atoms with Crippen LogP contribution < -0.4 is 10.5 Å². The molecule has 1 aromatic heterocycles. The molecule has 2 unspecified atom stereocenters. The van der Waals surface area contributed by atoms with Gasteiger partial charge >= 0.3 is 0 Å². The summed E-state index contributed by atoms with van der Waals surface area (Å²) in [4.78, 5) is 27.2. The highest BCUT2D eigenvalue weighted by molar-refractivity contribution is 5.82. The predicted octanol–water partition coefficient (Wildman–Crippen LogP) is 4.27. The second-order valence-corrected chi connectivity index (χ2v) is 8.95. The molecule has 1 aliphatic carbocycles. The number of fused-ring (bicyclic) bond motifs is 1. The van der Waals surface area contributed by atoms with E-state index in [1.165, 1.54) is 5.56 Å². The number of aromatic nitrogens is 1. The number of carbonyl (C=O) groups is 2. The first kappa shape index (κ1) is 24.2. The summed E-state index contributed by atoms with van der Waals surface area (Å²) >= 11 is 0. The fraction of sp³-hybridized carbons (Fsp3) is 0.370. The van der Waals surface area contributed by atoms with E-state index in [0.717, 1.165) is 47.2 Å². The smallest absolute Gasteiger partial charge is 0.220 e. The van der Waals surface area contributed by atoms with E-state index in [4.69, 9.17) is 10.5 Å². The first-order valence-corrected chi connectivity index (χ1v) is 11.3. The number of rotatable bonds is 8. The van der Waals surface area contributed by atoms with Crippen LogP contribution in [0.25, 0.3) is 10.9 Å². The zero-order valence-electron chi connectivity index (χ0n) is 19.8. The van der Waals surface area contributed by atoms with E-state index in [-0.39, 0.29) is 11.8 Å². The zero-order chi connectivity index (χ0) is 24.0. The van der Waals surface area contributed by atoms with Gasteiger partial charge in [-0.1, -0.05) is 30.3 Å². The Morgan fingerprint density at radius 2 is 1.91 bits per heavy atom. The third-order valence-electron chi connectivity index (χ3n) is 6.01. The molecular formula is C27H33N3O3. The molecule has 0 radical (unpaired) electrons. The molecule has 2 N–H and O–H groups in total. The SMILES string of the molecule is CC(C)N(C)C=O.Cc1cc(COc2ccc(CC3CC3C(N)=O)cc2)c2ccccc2n1. The summed E-state index contributed by atoms with van der Waals surface area (Å²) < 4.78 is 5.99. The molecule has 2 aromatic carbocycles. The Hall–Kier alpha value is -3.41. The second kappa shape index (κ2) is 10.9. The van der Waals surface area contributed by atoms with Gasteiger partial charge in [-0.25, -0.2) is 0 Å². The van der Waals surface area contributed by atoms with Crippen LogP contribution in [0.3, 0.4) is 0 Å². The number of ether oxygens (including phenoxy) is 1. The number of pyridine rings is 1. The number of hydrogen-bond acceptors (Lipinski definition) is 4. The fourth-order valence-electron chi connectivity index (χ4n) is 3.64. The lowest BCUT2D eigenvalue weighted by atomic mass is 10.1. The van der Waals surface area contributed by atoms with E-state index >= 15 is 0 Å². The van der Waals surface area contributed by atoms with Crippen LogP contribution in [0.15, 0.2) is 54.6 Å². The molecule has 6 nitrogen and oxygen atoms in total. The summed E-state index contributed by atoms with van der Waals surface area (Å²) in [7, 11) is 1.76. The maximum atomic E-state index is 11.2. The fourth-order valence-corrected chi connectivity index (χ4v) is 3.64. The molecular weight excluding hydrogens is 414 g/mol. The van der Waals surface area contributed by atoms with E-state index in [1.54, 1.807) is 11.9 Å². The molecule has 6 heteroatoms. The molecule has 0 spiro atoms. The van der Waals surface area contributed by atoms with E-state index in [1.807, 2.05) is 51.1 Å². The quantitative estimate of drug-likeness (QED) is 0.523. The summed E-state index contributed by atoms with van der Waals surface area (Å²) in [5.41, 5.74) is 9.69. The standard InChI is InChI=1S/C22H22N2O2.C5H11NO/c1-14-10-17(19-4-2-3-5-21(19)24-14)13-26-18-8-6-15(7-9-18)11-16-12-20(16)22(23)25;1-5(2)6(3)4-7/h2-10,16,20H,11-13H2,1H3,(H2,23,25);4-5H,1-3H3. The lowest BCUT2D eigenvalue weighted by Crippen LogP contribution is -2.23. The van der Waals surface area contributed by atoms with Gasteiger partial charge in [0, 0.05) is 35.7 Å². The first-order chi connectivity index (χ1) is 15.8. The Balaban J connectivity index is 0.000000383. The summed E-state index contributed by atoms with van der Waals surface area (Å²) in [6, 6.07) is 18.7. The minimum atomic E-state index is -0.171. The van der Waals surface area contributed by atoms with Crippen LogP contribution in [-0.2, 0) is 22.6 Å². The molecule has 1 saturated carbocycles. The van der Waals surface area contributed by atoms with Crippen LogP contribution in [0.2, 0.25) is 0 Å². The van der Waals surface area contributed by atoms with E-state index < -0.39 is 0 Å². The molecule has 0 aliphatic heterocycles. The van der Waals surface area contributed by atoms with Crippen molar-refractivity contribution >= 4 is 23.2 Å². The lowest BCUT2D eigenvalue weighted by Gasteiger charge is -2.13. The molecule has 0 saturated heterocycles. The Morgan fingerprint density at radius 1 is 1.21 bits per heavy atom. The van der Waals surface area contributed by atoms with Crippen LogP contribution in [0, 0.1) is 18.8 Å². The van der Waals surface area contributed by atoms with E-state index in [9.17, 15) is 9.59 Å². The maximum Gasteiger partial charge on any atom is 0.220 e. The van der Waals surface area contributed by atoms with Crippen LogP contribution in [0.4, 0.5) is 0 Å². The molecule has 2 amide bonds. The van der Waals surface area contributed by atoms with Crippen molar-refractivity contribution in [2.75, 3.05) is 7.05 Å². The average Bonchev–Trinajstić information content (AvgIpc) is 3.57. The molecule has 3 aromatic rings. The van der Waals surface area contributed by atoms with Gasteiger partial charge in [-0.3, -0.25) is 14.6 Å². The molecule has 0 bridgehead atoms. The lowest BCUT2D eigenvalue weighted by molar-refractivity contribution is -0.119. The van der Waals surface area contributed by atoms with Gasteiger partial charge in [0.2, 0.25) is 12.3 Å². The third kappa shape index (κ3) is 6.78. The van der Waals surface area contributed by atoms with Crippen LogP contribution in [-0.4, -0.2) is 35.3 Å². The molecule has 33 heavy (non-hydrogen) atoms. The largest absolute Gasteiger partial charge is 0.489 e. The maximum absolute atomic E-state index is 11.2. The zero-order valence-corrected chi connectivity index (χ0v) is 19.8. The van der Waals surface area contributed by atoms with Gasteiger partial charge in [0.1, 0.15) is 12.4 Å². The van der Waals surface area contributed by atoms with Crippen molar-refractivity contribution in [2.24, 2.45) is 17.6 Å². The number of benzene rings is 2. The Bertz CT molecular complexity index is 1100. The van der Waals surface area contributed by atoms with Gasteiger partial charge in [0.05, 0.1) is 5.52 Å². The van der Waals surface area contributed by atoms with Gasteiger partial charge in [0.15, 0.2) is 0 Å². The normalized spacial score (nSPS) is 16.6. The number of nitrogens with two attached hydrogens (primary N) is 1. The first-order valence-electron chi connectivity index (χ1n) is 11.3. The third-order valence-corrected chi connectivity index (χ3v) is 6.01. The van der Waals surface area contributed by atoms with Crippen molar-refractivity contribution in [3.8, 4) is 5.75 Å². The number of aryl methyl sites for hydroxylation is 1. The molecule has 2 atom stereocenters. The monoisotopic (exact) mass is 447 g/mol. The number of nitrogens with zero attached hydrogens (tertiary/aromatic N) is 2. The highest BCUT2D eigenvalue weighted by Gasteiger charge is 2.41. The van der Waals surface area contributed by atoms with E-state index in [2.05, 4.69) is 29.2 Å². The number of para-hydroxylation sites is 1. The van der Waals surface area contributed by atoms with Crippen LogP contribution >= 0.6 is 0 Å². The van der Waals surface area contributed by atoms with E-state index in [0.29, 0.717) is 18.6 Å². The molecule has 1 heterocycles. The molecule has 1 fully saturated rings. The highest BCUT2D eigenvalue weighted by atomic mass is 16.5. The Kier molecular flexibility index (Phi) is 8.04. The van der Waals surface area contributed by atoms with Crippen molar-refractivity contribution in [2.45, 2.75) is 46.3 Å². The van der Waals surface area contributed by atoms with Crippen molar-refractivity contribution < 1.29 is 14.3 Å². The summed E-state index contributed by atoms with van der Waals surface area (Å²) in [5.74, 6) is 1.14. The molecule has 174 valence electrons. The van der Waals surface area contributed by atoms with Gasteiger partial charge < -0.3 is 15.4 Å². The van der Waals surface area contributed by atoms with Crippen LogP contribution in [0.5, 0.6) is 5.75 Å². The molecule has 4 rings (SSSR count). The summed E-state index contributed by atoms with van der Waals surface area (Å²) in [6.45, 7) is 6.44. The number of hydrogen-bond donors (Lipinski definition) is 1. The molecule has 1 aliphatic rings. The number of primary amides is 1. The highest BCUT2D eigenvalue weighted by Crippen LogP contribution is 2.40.